The summed E-state index contributed by atoms with van der Waals surface area (Å²) in [5, 5.41) is 21.1. The number of likely N-dealkylation sites (N-methyl/N-ethyl adjacent to an activating group) is 1. The summed E-state index contributed by atoms with van der Waals surface area (Å²) in [6, 6.07) is 17.1. The van der Waals surface area contributed by atoms with Gasteiger partial charge in [-0.2, -0.15) is 5.26 Å². The maximum Gasteiger partial charge on any atom is 0.255 e. The Kier molecular flexibility index (Phi) is 4.73. The van der Waals surface area contributed by atoms with Crippen LogP contribution in [0, 0.1) is 11.3 Å². The van der Waals surface area contributed by atoms with Gasteiger partial charge in [0.1, 0.15) is 0 Å². The molecule has 0 heterocycles. The molecule has 0 unspecified atom stereocenters. The van der Waals surface area contributed by atoms with Crippen molar-refractivity contribution in [2.45, 2.75) is 18.3 Å². The zero-order chi connectivity index (χ0) is 17.9. The highest BCUT2D eigenvalue weighted by Crippen LogP contribution is 2.47. The molecule has 1 saturated carbocycles. The van der Waals surface area contributed by atoms with Crippen molar-refractivity contribution < 1.29 is 9.90 Å². The van der Waals surface area contributed by atoms with Gasteiger partial charge in [-0.15, -0.1) is 0 Å². The molecule has 1 aliphatic carbocycles. The Balaban J connectivity index is 1.65. The monoisotopic (exact) mass is 335 g/mol. The lowest BCUT2D eigenvalue weighted by Gasteiger charge is -2.18. The number of aliphatic hydroxyl groups excluding tert-OH is 1. The van der Waals surface area contributed by atoms with Gasteiger partial charge >= 0.3 is 0 Å². The van der Waals surface area contributed by atoms with E-state index in [0.29, 0.717) is 17.8 Å². The third kappa shape index (κ3) is 3.65. The zero-order valence-corrected chi connectivity index (χ0v) is 14.2. The zero-order valence-electron chi connectivity index (χ0n) is 14.2. The first-order chi connectivity index (χ1) is 12.1. The lowest BCUT2D eigenvalue weighted by Crippen LogP contribution is -2.21. The van der Waals surface area contributed by atoms with Crippen LogP contribution >= 0.6 is 0 Å². The molecule has 1 aliphatic rings. The molecule has 128 valence electrons. The summed E-state index contributed by atoms with van der Waals surface area (Å²) in [6.07, 6.45) is 1.79. The van der Waals surface area contributed by atoms with Crippen LogP contribution in [0.1, 0.15) is 28.8 Å². The molecule has 2 N–H and O–H groups in total. The summed E-state index contributed by atoms with van der Waals surface area (Å²) in [4.78, 5) is 14.3. The highest BCUT2D eigenvalue weighted by atomic mass is 16.3. The van der Waals surface area contributed by atoms with Crippen LogP contribution in [0.2, 0.25) is 0 Å². The molecule has 0 spiro atoms. The highest BCUT2D eigenvalue weighted by molar-refractivity contribution is 6.04. The largest absolute Gasteiger partial charge is 0.395 e. The van der Waals surface area contributed by atoms with Crippen molar-refractivity contribution in [3.8, 4) is 6.07 Å². The second kappa shape index (κ2) is 6.96. The van der Waals surface area contributed by atoms with E-state index >= 15 is 0 Å². The summed E-state index contributed by atoms with van der Waals surface area (Å²) in [7, 11) is 1.90. The Morgan fingerprint density at radius 1 is 1.20 bits per heavy atom. The second-order valence-corrected chi connectivity index (χ2v) is 6.42. The number of amides is 1. The van der Waals surface area contributed by atoms with Crippen LogP contribution in [0.4, 0.5) is 11.4 Å². The number of nitrogens with one attached hydrogen (secondary N) is 1. The van der Waals surface area contributed by atoms with E-state index in [1.807, 2.05) is 48.3 Å². The molecule has 5 heteroatoms. The van der Waals surface area contributed by atoms with Gasteiger partial charge < -0.3 is 15.3 Å². The van der Waals surface area contributed by atoms with Gasteiger partial charge in [0.25, 0.3) is 5.91 Å². The Hall–Kier alpha value is -2.84. The average molecular weight is 335 g/mol. The van der Waals surface area contributed by atoms with Crippen molar-refractivity contribution in [2.75, 3.05) is 30.4 Å². The van der Waals surface area contributed by atoms with Gasteiger partial charge in [0.2, 0.25) is 0 Å². The van der Waals surface area contributed by atoms with E-state index in [2.05, 4.69) is 11.4 Å². The van der Waals surface area contributed by atoms with E-state index in [-0.39, 0.29) is 17.9 Å². The molecule has 0 bridgehead atoms. The van der Waals surface area contributed by atoms with Crippen LogP contribution < -0.4 is 10.2 Å². The number of hydrogen-bond donors (Lipinski definition) is 2. The lowest BCUT2D eigenvalue weighted by atomic mass is 9.96. The van der Waals surface area contributed by atoms with Gasteiger partial charge in [0, 0.05) is 30.5 Å². The van der Waals surface area contributed by atoms with Gasteiger partial charge in [-0.3, -0.25) is 4.79 Å². The molecular weight excluding hydrogens is 314 g/mol. The first-order valence-electron chi connectivity index (χ1n) is 8.33. The van der Waals surface area contributed by atoms with Crippen LogP contribution in [-0.2, 0) is 5.41 Å². The minimum atomic E-state index is -0.328. The Labute approximate surface area is 147 Å². The Morgan fingerprint density at radius 3 is 2.36 bits per heavy atom. The summed E-state index contributed by atoms with van der Waals surface area (Å²) < 4.78 is 0. The third-order valence-corrected chi connectivity index (χ3v) is 4.67. The number of hydrogen-bond acceptors (Lipinski definition) is 4. The molecular formula is C20H21N3O2. The quantitative estimate of drug-likeness (QED) is 0.851. The van der Waals surface area contributed by atoms with Gasteiger partial charge in [0.15, 0.2) is 0 Å². The molecule has 0 radical (unpaired) electrons. The molecule has 5 nitrogen and oxygen atoms in total. The number of benzene rings is 2. The Bertz CT molecular complexity index is 787. The highest BCUT2D eigenvalue weighted by Gasteiger charge is 2.44. The van der Waals surface area contributed by atoms with Gasteiger partial charge in [-0.1, -0.05) is 12.1 Å². The standard InChI is InChI=1S/C20H21N3O2/c1-23(12-13-24)18-8-6-17(7-9-18)22-19(25)15-2-4-16(5-3-15)20(14-21)10-11-20/h2-9,24H,10-13H2,1H3,(H,22,25). The first kappa shape index (κ1) is 17.0. The van der Waals surface area contributed by atoms with Gasteiger partial charge in [0.05, 0.1) is 18.1 Å². The number of nitrogens with zero attached hydrogens (tertiary/aromatic N) is 2. The first-order valence-corrected chi connectivity index (χ1v) is 8.33. The van der Waals surface area contributed by atoms with Crippen LogP contribution in [0.25, 0.3) is 0 Å². The molecule has 0 atom stereocenters. The fourth-order valence-electron chi connectivity index (χ4n) is 2.81. The maximum absolute atomic E-state index is 12.4. The van der Waals surface area contributed by atoms with Crippen molar-refractivity contribution in [3.05, 3.63) is 59.7 Å². The Morgan fingerprint density at radius 2 is 1.84 bits per heavy atom. The molecule has 0 aromatic heterocycles. The second-order valence-electron chi connectivity index (χ2n) is 6.42. The van der Waals surface area contributed by atoms with E-state index in [1.165, 1.54) is 0 Å². The van der Waals surface area contributed by atoms with Crippen molar-refractivity contribution in [1.82, 2.24) is 0 Å². The van der Waals surface area contributed by atoms with Crippen molar-refractivity contribution >= 4 is 17.3 Å². The number of aliphatic hydroxyl groups is 1. The van der Waals surface area contributed by atoms with E-state index in [1.54, 1.807) is 12.1 Å². The van der Waals surface area contributed by atoms with Crippen LogP contribution in [-0.4, -0.2) is 31.2 Å². The number of carbonyl (C=O) groups excluding carboxylic acids is 1. The number of anilines is 2. The fourth-order valence-corrected chi connectivity index (χ4v) is 2.81. The SMILES string of the molecule is CN(CCO)c1ccc(NC(=O)c2ccc(C3(C#N)CC3)cc2)cc1. The van der Waals surface area contributed by atoms with Crippen molar-refractivity contribution in [3.63, 3.8) is 0 Å². The number of nitriles is 1. The van der Waals surface area contributed by atoms with Crippen molar-refractivity contribution in [2.24, 2.45) is 0 Å². The third-order valence-electron chi connectivity index (χ3n) is 4.67. The molecule has 2 aromatic carbocycles. The normalized spacial score (nSPS) is 14.4. The molecule has 3 rings (SSSR count). The summed E-state index contributed by atoms with van der Waals surface area (Å²) in [5.41, 5.74) is 2.92. The molecule has 0 aliphatic heterocycles. The predicted octanol–water partition coefficient (Wildman–Crippen LogP) is 2.92. The van der Waals surface area contributed by atoms with Crippen molar-refractivity contribution in [1.29, 1.82) is 5.26 Å². The minimum absolute atomic E-state index is 0.0953. The van der Waals surface area contributed by atoms with E-state index in [4.69, 9.17) is 5.11 Å². The molecule has 1 amide bonds. The van der Waals surface area contributed by atoms with E-state index in [0.717, 1.165) is 24.1 Å². The topological polar surface area (TPSA) is 76.4 Å². The number of carbonyl (C=O) groups is 1. The minimum Gasteiger partial charge on any atom is -0.395 e. The smallest absolute Gasteiger partial charge is 0.255 e. The average Bonchev–Trinajstić information content (AvgIpc) is 3.44. The number of rotatable bonds is 6. The summed E-state index contributed by atoms with van der Waals surface area (Å²) in [5.74, 6) is -0.176. The molecule has 1 fully saturated rings. The fraction of sp³-hybridized carbons (Fsp3) is 0.300. The van der Waals surface area contributed by atoms with Gasteiger partial charge in [-0.05, 0) is 54.8 Å². The lowest BCUT2D eigenvalue weighted by molar-refractivity contribution is 0.102. The molecule has 25 heavy (non-hydrogen) atoms. The summed E-state index contributed by atoms with van der Waals surface area (Å²) in [6.45, 7) is 0.653. The van der Waals surface area contributed by atoms with Crippen LogP contribution in [0.15, 0.2) is 48.5 Å². The maximum atomic E-state index is 12.4. The van der Waals surface area contributed by atoms with Gasteiger partial charge in [-0.25, -0.2) is 0 Å². The predicted molar refractivity (Wildman–Crippen MR) is 97.7 cm³/mol. The van der Waals surface area contributed by atoms with E-state index < -0.39 is 0 Å². The molecule has 0 saturated heterocycles. The van der Waals surface area contributed by atoms with Crippen LogP contribution in [0.3, 0.4) is 0 Å². The molecule has 2 aromatic rings. The van der Waals surface area contributed by atoms with E-state index in [9.17, 15) is 10.1 Å². The summed E-state index contributed by atoms with van der Waals surface area (Å²) >= 11 is 0. The van der Waals surface area contributed by atoms with Crippen LogP contribution in [0.5, 0.6) is 0 Å².